The highest BCUT2D eigenvalue weighted by Gasteiger charge is 2.13. The van der Waals surface area contributed by atoms with E-state index in [9.17, 15) is 9.18 Å². The van der Waals surface area contributed by atoms with Crippen LogP contribution in [-0.4, -0.2) is 5.78 Å². The Labute approximate surface area is 120 Å². The van der Waals surface area contributed by atoms with Gasteiger partial charge in [-0.3, -0.25) is 4.79 Å². The van der Waals surface area contributed by atoms with Gasteiger partial charge >= 0.3 is 0 Å². The van der Waals surface area contributed by atoms with Crippen LogP contribution in [-0.2, 0) is 0 Å². The van der Waals surface area contributed by atoms with Crippen molar-refractivity contribution in [2.75, 3.05) is 0 Å². The minimum Gasteiger partial charge on any atom is -0.288 e. The van der Waals surface area contributed by atoms with E-state index in [1.807, 2.05) is 12.1 Å². The molecule has 0 spiro atoms. The van der Waals surface area contributed by atoms with E-state index in [4.69, 9.17) is 0 Å². The molecule has 2 rings (SSSR count). The Morgan fingerprint density at radius 1 is 1.12 bits per heavy atom. The van der Waals surface area contributed by atoms with Crippen molar-refractivity contribution in [2.24, 2.45) is 0 Å². The van der Waals surface area contributed by atoms with Crippen LogP contribution in [0.1, 0.15) is 15.9 Å². The minimum absolute atomic E-state index is 0.0920. The molecule has 2 aromatic carbocycles. The first kappa shape index (κ1) is 12.7. The van der Waals surface area contributed by atoms with Crippen molar-refractivity contribution in [2.45, 2.75) is 0 Å². The van der Waals surface area contributed by atoms with Crippen LogP contribution < -0.4 is 0 Å². The molecule has 0 aromatic heterocycles. The maximum Gasteiger partial charge on any atom is 0.195 e. The first-order valence-corrected chi connectivity index (χ1v) is 6.70. The summed E-state index contributed by atoms with van der Waals surface area (Å²) >= 11 is 5.31. The molecule has 0 N–H and O–H groups in total. The van der Waals surface area contributed by atoms with E-state index in [0.717, 1.165) is 3.57 Å². The maximum absolute atomic E-state index is 13.6. The average Bonchev–Trinajstić information content (AvgIpc) is 2.29. The lowest BCUT2D eigenvalue weighted by molar-refractivity contribution is 0.103. The molecular formula is C13H7BrFIO. The maximum atomic E-state index is 13.6. The van der Waals surface area contributed by atoms with Gasteiger partial charge in [-0.2, -0.15) is 0 Å². The zero-order valence-corrected chi connectivity index (χ0v) is 12.3. The standard InChI is InChI=1S/C13H7BrFIO/c14-9-3-6-11(12(15)7-9)13(17)8-1-4-10(16)5-2-8/h1-7H. The Balaban J connectivity index is 2.40. The molecule has 0 aliphatic carbocycles. The molecule has 2 aromatic rings. The summed E-state index contributed by atoms with van der Waals surface area (Å²) < 4.78 is 15.3. The number of halogens is 3. The van der Waals surface area contributed by atoms with Crippen molar-refractivity contribution >= 4 is 44.3 Å². The topological polar surface area (TPSA) is 17.1 Å². The van der Waals surface area contributed by atoms with Crippen molar-refractivity contribution in [3.8, 4) is 0 Å². The van der Waals surface area contributed by atoms with Gasteiger partial charge in [0.05, 0.1) is 5.56 Å². The fourth-order valence-electron chi connectivity index (χ4n) is 1.43. The summed E-state index contributed by atoms with van der Waals surface area (Å²) in [6.07, 6.45) is 0. The van der Waals surface area contributed by atoms with Gasteiger partial charge < -0.3 is 0 Å². The summed E-state index contributed by atoms with van der Waals surface area (Å²) in [5, 5.41) is 0. The Kier molecular flexibility index (Phi) is 3.93. The van der Waals surface area contributed by atoms with Gasteiger partial charge in [0.15, 0.2) is 5.78 Å². The van der Waals surface area contributed by atoms with E-state index in [1.54, 1.807) is 18.2 Å². The number of hydrogen-bond donors (Lipinski definition) is 0. The Bertz CT molecular complexity index is 566. The summed E-state index contributed by atoms with van der Waals surface area (Å²) in [6, 6.07) is 11.5. The zero-order chi connectivity index (χ0) is 12.4. The van der Waals surface area contributed by atoms with Crippen molar-refractivity contribution in [3.05, 3.63) is 67.5 Å². The van der Waals surface area contributed by atoms with E-state index in [-0.39, 0.29) is 11.3 Å². The molecule has 17 heavy (non-hydrogen) atoms. The zero-order valence-electron chi connectivity index (χ0n) is 8.58. The van der Waals surface area contributed by atoms with Crippen LogP contribution in [0.3, 0.4) is 0 Å². The van der Waals surface area contributed by atoms with Crippen molar-refractivity contribution in [1.29, 1.82) is 0 Å². The summed E-state index contributed by atoms with van der Waals surface area (Å²) in [4.78, 5) is 12.0. The molecule has 0 unspecified atom stereocenters. The molecule has 0 atom stereocenters. The molecule has 1 nitrogen and oxygen atoms in total. The van der Waals surface area contributed by atoms with Gasteiger partial charge in [0.1, 0.15) is 5.82 Å². The highest BCUT2D eigenvalue weighted by atomic mass is 127. The van der Waals surface area contributed by atoms with Crippen LogP contribution in [0.25, 0.3) is 0 Å². The van der Waals surface area contributed by atoms with Gasteiger partial charge in [-0.1, -0.05) is 15.9 Å². The van der Waals surface area contributed by atoms with Crippen LogP contribution in [0, 0.1) is 9.39 Å². The third-order valence-corrected chi connectivity index (χ3v) is 3.49. The Morgan fingerprint density at radius 3 is 2.35 bits per heavy atom. The molecular weight excluding hydrogens is 398 g/mol. The molecule has 0 amide bonds. The predicted octanol–water partition coefficient (Wildman–Crippen LogP) is 4.42. The fraction of sp³-hybridized carbons (Fsp3) is 0. The van der Waals surface area contributed by atoms with Gasteiger partial charge in [0.25, 0.3) is 0 Å². The lowest BCUT2D eigenvalue weighted by atomic mass is 10.0. The number of carbonyl (C=O) groups is 1. The summed E-state index contributed by atoms with van der Waals surface area (Å²) in [6.45, 7) is 0. The molecule has 0 fully saturated rings. The van der Waals surface area contributed by atoms with E-state index in [2.05, 4.69) is 38.5 Å². The van der Waals surface area contributed by atoms with Gasteiger partial charge in [-0.25, -0.2) is 4.39 Å². The summed E-state index contributed by atoms with van der Waals surface area (Å²) in [5.74, 6) is -0.811. The number of benzene rings is 2. The monoisotopic (exact) mass is 404 g/mol. The summed E-state index contributed by atoms with van der Waals surface area (Å²) in [7, 11) is 0. The van der Waals surface area contributed by atoms with Gasteiger partial charge in [-0.05, 0) is 65.1 Å². The smallest absolute Gasteiger partial charge is 0.195 e. The Morgan fingerprint density at radius 2 is 1.76 bits per heavy atom. The predicted molar refractivity (Wildman–Crippen MR) is 76.7 cm³/mol. The van der Waals surface area contributed by atoms with Gasteiger partial charge in [0.2, 0.25) is 0 Å². The summed E-state index contributed by atoms with van der Waals surface area (Å²) in [5.41, 5.74) is 0.584. The normalized spacial score (nSPS) is 10.3. The quantitative estimate of drug-likeness (QED) is 0.534. The van der Waals surface area contributed by atoms with E-state index >= 15 is 0 Å². The first-order valence-electron chi connectivity index (χ1n) is 4.83. The molecule has 86 valence electrons. The second-order valence-electron chi connectivity index (χ2n) is 3.46. The number of ketones is 1. The molecule has 0 heterocycles. The van der Waals surface area contributed by atoms with Crippen LogP contribution in [0.4, 0.5) is 4.39 Å². The molecule has 0 aliphatic heterocycles. The molecule has 0 saturated heterocycles. The third-order valence-electron chi connectivity index (χ3n) is 2.28. The molecule has 0 bridgehead atoms. The average molecular weight is 405 g/mol. The van der Waals surface area contributed by atoms with Crippen molar-refractivity contribution in [1.82, 2.24) is 0 Å². The largest absolute Gasteiger partial charge is 0.288 e. The first-order chi connectivity index (χ1) is 8.08. The Hall–Kier alpha value is -0.750. The molecule has 0 radical (unpaired) electrons. The van der Waals surface area contributed by atoms with Gasteiger partial charge in [0, 0.05) is 13.6 Å². The molecule has 0 saturated carbocycles. The minimum atomic E-state index is -0.511. The van der Waals surface area contributed by atoms with Crippen LogP contribution in [0.2, 0.25) is 0 Å². The van der Waals surface area contributed by atoms with Crippen molar-refractivity contribution in [3.63, 3.8) is 0 Å². The fourth-order valence-corrected chi connectivity index (χ4v) is 2.12. The van der Waals surface area contributed by atoms with Crippen LogP contribution in [0.15, 0.2) is 46.9 Å². The lowest BCUT2D eigenvalue weighted by Gasteiger charge is -2.03. The third kappa shape index (κ3) is 2.93. The van der Waals surface area contributed by atoms with Crippen LogP contribution in [0.5, 0.6) is 0 Å². The van der Waals surface area contributed by atoms with E-state index in [0.29, 0.717) is 10.0 Å². The number of rotatable bonds is 2. The van der Waals surface area contributed by atoms with E-state index < -0.39 is 5.82 Å². The highest BCUT2D eigenvalue weighted by Crippen LogP contribution is 2.19. The highest BCUT2D eigenvalue weighted by molar-refractivity contribution is 14.1. The van der Waals surface area contributed by atoms with Crippen LogP contribution >= 0.6 is 38.5 Å². The molecule has 4 heteroatoms. The number of carbonyl (C=O) groups excluding carboxylic acids is 1. The van der Waals surface area contributed by atoms with E-state index in [1.165, 1.54) is 12.1 Å². The molecule has 0 aliphatic rings. The SMILES string of the molecule is O=C(c1ccc(I)cc1)c1ccc(Br)cc1F. The number of hydrogen-bond acceptors (Lipinski definition) is 1. The second kappa shape index (κ2) is 5.27. The second-order valence-corrected chi connectivity index (χ2v) is 5.62. The lowest BCUT2D eigenvalue weighted by Crippen LogP contribution is -2.04. The van der Waals surface area contributed by atoms with Crippen molar-refractivity contribution < 1.29 is 9.18 Å². The van der Waals surface area contributed by atoms with Gasteiger partial charge in [-0.15, -0.1) is 0 Å².